The first-order valence-electron chi connectivity index (χ1n) is 9.60. The highest BCUT2D eigenvalue weighted by Crippen LogP contribution is 2.18. The zero-order valence-corrected chi connectivity index (χ0v) is 16.3. The number of rotatable bonds is 13. The van der Waals surface area contributed by atoms with Crippen molar-refractivity contribution in [3.8, 4) is 0 Å². The Morgan fingerprint density at radius 3 is 2.19 bits per heavy atom. The Morgan fingerprint density at radius 2 is 1.58 bits per heavy atom. The molecule has 0 saturated heterocycles. The molecule has 0 spiro atoms. The van der Waals surface area contributed by atoms with Crippen molar-refractivity contribution in [2.45, 2.75) is 64.9 Å². The van der Waals surface area contributed by atoms with Gasteiger partial charge in [0.05, 0.1) is 17.7 Å². The second kappa shape index (κ2) is 13.3. The van der Waals surface area contributed by atoms with Crippen molar-refractivity contribution >= 4 is 11.9 Å². The molecular weight excluding hydrogens is 332 g/mol. The third-order valence-corrected chi connectivity index (χ3v) is 4.17. The van der Waals surface area contributed by atoms with Crippen LogP contribution in [0.25, 0.3) is 0 Å². The van der Waals surface area contributed by atoms with Gasteiger partial charge in [0, 0.05) is 13.7 Å². The molecule has 1 aromatic rings. The van der Waals surface area contributed by atoms with Crippen LogP contribution in [0.4, 0.5) is 0 Å². The van der Waals surface area contributed by atoms with Gasteiger partial charge in [-0.05, 0) is 44.7 Å². The van der Waals surface area contributed by atoms with Crippen LogP contribution in [0.2, 0.25) is 0 Å². The van der Waals surface area contributed by atoms with Gasteiger partial charge in [-0.25, -0.2) is 9.59 Å². The smallest absolute Gasteiger partial charge is 0.339 e. The van der Waals surface area contributed by atoms with Gasteiger partial charge in [0.2, 0.25) is 0 Å². The van der Waals surface area contributed by atoms with Gasteiger partial charge in [-0.1, -0.05) is 38.3 Å². The number of esters is 2. The molecule has 1 rings (SSSR count). The van der Waals surface area contributed by atoms with Crippen LogP contribution in [-0.2, 0) is 14.2 Å². The fraction of sp³-hybridized carbons (Fsp3) is 0.619. The molecule has 1 atom stereocenters. The summed E-state index contributed by atoms with van der Waals surface area (Å²) < 4.78 is 15.9. The molecule has 0 radical (unpaired) electrons. The van der Waals surface area contributed by atoms with Gasteiger partial charge in [-0.3, -0.25) is 0 Å². The number of hydrogen-bond donors (Lipinski definition) is 0. The van der Waals surface area contributed by atoms with Crippen LogP contribution >= 0.6 is 0 Å². The van der Waals surface area contributed by atoms with Crippen molar-refractivity contribution in [1.29, 1.82) is 0 Å². The Hall–Kier alpha value is -1.88. The molecule has 26 heavy (non-hydrogen) atoms. The summed E-state index contributed by atoms with van der Waals surface area (Å²) in [5.74, 6) is -0.967. The largest absolute Gasteiger partial charge is 0.462 e. The summed E-state index contributed by atoms with van der Waals surface area (Å²) in [5.41, 5.74) is 0.511. The van der Waals surface area contributed by atoms with E-state index in [0.717, 1.165) is 32.1 Å². The van der Waals surface area contributed by atoms with Crippen LogP contribution in [0.15, 0.2) is 24.3 Å². The van der Waals surface area contributed by atoms with E-state index in [4.69, 9.17) is 14.2 Å². The number of ether oxygens (including phenoxy) is 3. The first-order valence-corrected chi connectivity index (χ1v) is 9.60. The lowest BCUT2D eigenvalue weighted by atomic mass is 10.0. The number of carbonyl (C=O) groups is 2. The van der Waals surface area contributed by atoms with E-state index in [1.165, 1.54) is 12.8 Å². The van der Waals surface area contributed by atoms with Crippen molar-refractivity contribution < 1.29 is 23.8 Å². The number of benzene rings is 1. The van der Waals surface area contributed by atoms with E-state index in [1.807, 2.05) is 0 Å². The van der Waals surface area contributed by atoms with E-state index in [2.05, 4.69) is 6.92 Å². The zero-order valence-electron chi connectivity index (χ0n) is 16.3. The van der Waals surface area contributed by atoms with Gasteiger partial charge in [-0.2, -0.15) is 0 Å². The number of hydrogen-bond acceptors (Lipinski definition) is 5. The highest BCUT2D eigenvalue weighted by Gasteiger charge is 2.21. The first kappa shape index (κ1) is 22.2. The molecule has 0 aliphatic heterocycles. The van der Waals surface area contributed by atoms with Crippen LogP contribution in [0.3, 0.4) is 0 Å². The topological polar surface area (TPSA) is 61.8 Å². The van der Waals surface area contributed by atoms with Gasteiger partial charge in [0.15, 0.2) is 0 Å². The molecule has 0 fully saturated rings. The lowest BCUT2D eigenvalue weighted by Gasteiger charge is -2.19. The van der Waals surface area contributed by atoms with Crippen molar-refractivity contribution in [3.63, 3.8) is 0 Å². The molecular formula is C21H32O5. The lowest BCUT2D eigenvalue weighted by molar-refractivity contribution is 0.0225. The molecule has 5 heteroatoms. The normalized spacial score (nSPS) is 11.8. The van der Waals surface area contributed by atoms with Gasteiger partial charge >= 0.3 is 11.9 Å². The van der Waals surface area contributed by atoms with Crippen LogP contribution < -0.4 is 0 Å². The number of methoxy groups -OCH3 is 1. The molecule has 146 valence electrons. The molecule has 0 saturated carbocycles. The minimum Gasteiger partial charge on any atom is -0.462 e. The van der Waals surface area contributed by atoms with E-state index in [9.17, 15) is 9.59 Å². The summed E-state index contributed by atoms with van der Waals surface area (Å²) in [6.45, 7) is 4.81. The minimum absolute atomic E-state index is 0.162. The van der Waals surface area contributed by atoms with Crippen LogP contribution in [0, 0.1) is 0 Å². The highest BCUT2D eigenvalue weighted by atomic mass is 16.5. The summed E-state index contributed by atoms with van der Waals surface area (Å²) in [7, 11) is 1.66. The Morgan fingerprint density at radius 1 is 0.923 bits per heavy atom. The van der Waals surface area contributed by atoms with E-state index < -0.39 is 11.9 Å². The predicted octanol–water partition coefficient (Wildman–Crippen LogP) is 4.79. The summed E-state index contributed by atoms with van der Waals surface area (Å²) in [4.78, 5) is 24.7. The fourth-order valence-corrected chi connectivity index (χ4v) is 2.78. The molecule has 1 aromatic carbocycles. The van der Waals surface area contributed by atoms with Crippen molar-refractivity contribution in [2.75, 3.05) is 20.3 Å². The highest BCUT2D eigenvalue weighted by molar-refractivity contribution is 6.03. The SMILES string of the molecule is CCCCCCC(CCCOC)OC(=O)c1ccccc1C(=O)OCC. The second-order valence-electron chi connectivity index (χ2n) is 6.28. The zero-order chi connectivity index (χ0) is 19.2. The third kappa shape index (κ3) is 8.00. The Labute approximate surface area is 157 Å². The van der Waals surface area contributed by atoms with Crippen LogP contribution in [0.1, 0.15) is 79.5 Å². The number of unbranched alkanes of at least 4 members (excludes halogenated alkanes) is 3. The molecule has 0 aliphatic carbocycles. The molecule has 0 aromatic heterocycles. The Balaban J connectivity index is 2.76. The summed E-state index contributed by atoms with van der Waals surface area (Å²) in [6, 6.07) is 6.64. The van der Waals surface area contributed by atoms with Gasteiger partial charge in [0.25, 0.3) is 0 Å². The Bertz CT molecular complexity index is 541. The fourth-order valence-electron chi connectivity index (χ4n) is 2.78. The molecule has 0 N–H and O–H groups in total. The molecule has 0 aliphatic rings. The van der Waals surface area contributed by atoms with Gasteiger partial charge in [0.1, 0.15) is 6.10 Å². The monoisotopic (exact) mass is 364 g/mol. The maximum Gasteiger partial charge on any atom is 0.339 e. The van der Waals surface area contributed by atoms with E-state index in [0.29, 0.717) is 6.61 Å². The second-order valence-corrected chi connectivity index (χ2v) is 6.28. The van der Waals surface area contributed by atoms with Gasteiger partial charge < -0.3 is 14.2 Å². The average molecular weight is 364 g/mol. The van der Waals surface area contributed by atoms with Crippen LogP contribution in [-0.4, -0.2) is 38.4 Å². The van der Waals surface area contributed by atoms with E-state index in [1.54, 1.807) is 38.3 Å². The average Bonchev–Trinajstić information content (AvgIpc) is 2.65. The molecule has 5 nitrogen and oxygen atoms in total. The van der Waals surface area contributed by atoms with Crippen molar-refractivity contribution in [1.82, 2.24) is 0 Å². The molecule has 0 amide bonds. The summed E-state index contributed by atoms with van der Waals surface area (Å²) >= 11 is 0. The Kier molecular flexibility index (Phi) is 11.4. The molecule has 0 heterocycles. The van der Waals surface area contributed by atoms with E-state index in [-0.39, 0.29) is 23.8 Å². The van der Waals surface area contributed by atoms with E-state index >= 15 is 0 Å². The quantitative estimate of drug-likeness (QED) is 0.372. The standard InChI is InChI=1S/C21H32O5/c1-4-6-7-8-12-17(13-11-16-24-3)26-21(23)19-15-10-9-14-18(19)20(22)25-5-2/h9-10,14-15,17H,4-8,11-13,16H2,1-3H3. The van der Waals surface area contributed by atoms with Gasteiger partial charge in [-0.15, -0.1) is 0 Å². The maximum atomic E-state index is 12.6. The first-order chi connectivity index (χ1) is 12.6. The minimum atomic E-state index is -0.501. The predicted molar refractivity (Wildman–Crippen MR) is 101 cm³/mol. The lowest BCUT2D eigenvalue weighted by Crippen LogP contribution is -2.21. The van der Waals surface area contributed by atoms with Crippen LogP contribution in [0.5, 0.6) is 0 Å². The molecule has 0 bridgehead atoms. The summed E-state index contributed by atoms with van der Waals surface area (Å²) in [5, 5.41) is 0. The van der Waals surface area contributed by atoms with Crippen molar-refractivity contribution in [2.24, 2.45) is 0 Å². The van der Waals surface area contributed by atoms with Crippen molar-refractivity contribution in [3.05, 3.63) is 35.4 Å². The summed E-state index contributed by atoms with van der Waals surface area (Å²) in [6.07, 6.45) is 6.77. The number of carbonyl (C=O) groups excluding carboxylic acids is 2. The third-order valence-electron chi connectivity index (χ3n) is 4.17. The molecule has 1 unspecified atom stereocenters. The maximum absolute atomic E-state index is 12.6.